The van der Waals surface area contributed by atoms with Gasteiger partial charge in [0.25, 0.3) is 0 Å². The summed E-state index contributed by atoms with van der Waals surface area (Å²) in [5, 5.41) is 0.923. The third kappa shape index (κ3) is 3.68. The van der Waals surface area contributed by atoms with E-state index in [0.717, 1.165) is 43.7 Å². The molecule has 0 radical (unpaired) electrons. The quantitative estimate of drug-likeness (QED) is 0.799. The van der Waals surface area contributed by atoms with Crippen LogP contribution in [0.3, 0.4) is 0 Å². The van der Waals surface area contributed by atoms with Crippen LogP contribution in [-0.2, 0) is 4.74 Å². The summed E-state index contributed by atoms with van der Waals surface area (Å²) in [6.45, 7) is 4.97. The van der Waals surface area contributed by atoms with Crippen LogP contribution in [-0.4, -0.2) is 36.1 Å². The van der Waals surface area contributed by atoms with E-state index in [1.165, 1.54) is 5.56 Å². The lowest BCUT2D eigenvalue weighted by molar-refractivity contribution is 0.0480. The summed E-state index contributed by atoms with van der Waals surface area (Å²) in [4.78, 5) is 6.81. The molecule has 17 heavy (non-hydrogen) atoms. The van der Waals surface area contributed by atoms with Crippen molar-refractivity contribution in [2.45, 2.75) is 25.9 Å². The lowest BCUT2D eigenvalue weighted by atomic mass is 10.1. The van der Waals surface area contributed by atoms with Crippen molar-refractivity contribution in [3.63, 3.8) is 0 Å². The van der Waals surface area contributed by atoms with E-state index in [1.54, 1.807) is 0 Å². The van der Waals surface area contributed by atoms with Crippen LogP contribution in [0.4, 0.5) is 5.82 Å². The van der Waals surface area contributed by atoms with Gasteiger partial charge in [-0.3, -0.25) is 0 Å². The molecule has 0 spiro atoms. The Bertz CT molecular complexity index is 334. The maximum atomic E-state index is 5.74. The maximum absolute atomic E-state index is 5.74. The molecule has 0 aromatic carbocycles. The number of alkyl halides is 1. The third-order valence-corrected chi connectivity index (χ3v) is 3.42. The van der Waals surface area contributed by atoms with E-state index < -0.39 is 0 Å². The van der Waals surface area contributed by atoms with Gasteiger partial charge in [-0.05, 0) is 31.4 Å². The Kier molecular flexibility index (Phi) is 4.80. The number of anilines is 1. The Labute approximate surface area is 111 Å². The van der Waals surface area contributed by atoms with Gasteiger partial charge in [0.15, 0.2) is 0 Å². The Morgan fingerprint density at radius 2 is 2.18 bits per heavy atom. The Morgan fingerprint density at radius 1 is 1.41 bits per heavy atom. The molecule has 1 aliphatic rings. The Hall–Kier alpha value is -0.610. The number of nitrogens with zero attached hydrogens (tertiary/aromatic N) is 2. The molecule has 0 bridgehead atoms. The van der Waals surface area contributed by atoms with Gasteiger partial charge in [-0.1, -0.05) is 22.0 Å². The number of halogens is 1. The van der Waals surface area contributed by atoms with E-state index in [4.69, 9.17) is 4.74 Å². The van der Waals surface area contributed by atoms with Crippen LogP contribution in [0.25, 0.3) is 0 Å². The van der Waals surface area contributed by atoms with E-state index in [-0.39, 0.29) is 0 Å². The molecule has 1 aliphatic heterocycles. The largest absolute Gasteiger partial charge is 0.377 e. The molecular formula is C13H19BrN2O. The summed E-state index contributed by atoms with van der Waals surface area (Å²) in [5.74, 6) is 1.09. The molecular weight excluding hydrogens is 280 g/mol. The second-order valence-electron chi connectivity index (χ2n) is 4.44. The first kappa shape index (κ1) is 12.8. The summed E-state index contributed by atoms with van der Waals surface area (Å²) in [7, 11) is 0. The van der Waals surface area contributed by atoms with E-state index in [9.17, 15) is 0 Å². The van der Waals surface area contributed by atoms with Crippen molar-refractivity contribution >= 4 is 21.7 Å². The Morgan fingerprint density at radius 3 is 2.76 bits per heavy atom. The second-order valence-corrected chi connectivity index (χ2v) is 5.23. The molecule has 1 fully saturated rings. The lowest BCUT2D eigenvalue weighted by Crippen LogP contribution is -2.37. The highest BCUT2D eigenvalue weighted by atomic mass is 79.9. The molecule has 0 atom stereocenters. The summed E-state index contributed by atoms with van der Waals surface area (Å²) >= 11 is 3.39. The molecule has 4 heteroatoms. The van der Waals surface area contributed by atoms with Crippen LogP contribution < -0.4 is 4.90 Å². The predicted molar refractivity (Wildman–Crippen MR) is 74.0 cm³/mol. The Balaban J connectivity index is 1.84. The highest BCUT2D eigenvalue weighted by Gasteiger charge is 2.20. The number of aryl methyl sites for hydroxylation is 1. The second kappa shape index (κ2) is 6.36. The van der Waals surface area contributed by atoms with Crippen LogP contribution in [0.5, 0.6) is 0 Å². The van der Waals surface area contributed by atoms with Gasteiger partial charge >= 0.3 is 0 Å². The fourth-order valence-corrected chi connectivity index (χ4v) is 2.30. The smallest absolute Gasteiger partial charge is 0.128 e. The minimum absolute atomic E-state index is 0.425. The van der Waals surface area contributed by atoms with Gasteiger partial charge in [0.2, 0.25) is 0 Å². The van der Waals surface area contributed by atoms with Gasteiger partial charge < -0.3 is 9.64 Å². The van der Waals surface area contributed by atoms with Gasteiger partial charge in [-0.15, -0.1) is 0 Å². The number of hydrogen-bond donors (Lipinski definition) is 0. The number of aromatic nitrogens is 1. The summed E-state index contributed by atoms with van der Waals surface area (Å²) in [6, 6.07) is 4.23. The highest BCUT2D eigenvalue weighted by molar-refractivity contribution is 9.09. The predicted octanol–water partition coefficient (Wildman–Crippen LogP) is 2.77. The zero-order valence-corrected chi connectivity index (χ0v) is 11.8. The van der Waals surface area contributed by atoms with Crippen molar-refractivity contribution in [1.29, 1.82) is 0 Å². The van der Waals surface area contributed by atoms with Crippen LogP contribution in [0, 0.1) is 6.92 Å². The molecule has 1 aromatic heterocycles. The van der Waals surface area contributed by atoms with Gasteiger partial charge in [0.1, 0.15) is 5.82 Å². The normalized spacial score (nSPS) is 17.4. The molecule has 0 amide bonds. The first-order valence-corrected chi connectivity index (χ1v) is 7.27. The molecule has 0 saturated carbocycles. The van der Waals surface area contributed by atoms with Crippen molar-refractivity contribution in [1.82, 2.24) is 4.98 Å². The van der Waals surface area contributed by atoms with Gasteiger partial charge in [-0.2, -0.15) is 0 Å². The van der Waals surface area contributed by atoms with Crippen molar-refractivity contribution in [3.8, 4) is 0 Å². The van der Waals surface area contributed by atoms with Crippen LogP contribution in [0.1, 0.15) is 18.4 Å². The lowest BCUT2D eigenvalue weighted by Gasteiger charge is -2.32. The highest BCUT2D eigenvalue weighted by Crippen LogP contribution is 2.19. The average Bonchev–Trinajstić information content (AvgIpc) is 2.38. The van der Waals surface area contributed by atoms with Crippen molar-refractivity contribution in [2.75, 3.05) is 29.9 Å². The summed E-state index contributed by atoms with van der Waals surface area (Å²) in [6.07, 6.45) is 4.56. The molecule has 1 saturated heterocycles. The molecule has 0 unspecified atom stereocenters. The molecule has 1 aromatic rings. The van der Waals surface area contributed by atoms with Crippen molar-refractivity contribution in [3.05, 3.63) is 23.9 Å². The summed E-state index contributed by atoms with van der Waals surface area (Å²) < 4.78 is 5.74. The van der Waals surface area contributed by atoms with E-state index >= 15 is 0 Å². The fourth-order valence-electron chi connectivity index (χ4n) is 2.11. The van der Waals surface area contributed by atoms with E-state index in [2.05, 4.69) is 44.9 Å². The number of hydrogen-bond acceptors (Lipinski definition) is 3. The van der Waals surface area contributed by atoms with Crippen LogP contribution >= 0.6 is 15.9 Å². The first-order chi connectivity index (χ1) is 8.29. The average molecular weight is 299 g/mol. The molecule has 0 N–H and O–H groups in total. The molecule has 94 valence electrons. The third-order valence-electron chi connectivity index (χ3n) is 3.09. The standard InChI is InChI=1S/C13H19BrN2O/c1-11-2-3-13(15-10-11)16-7-4-12(5-8-16)17-9-6-14/h2-3,10,12H,4-9H2,1H3. The topological polar surface area (TPSA) is 25.4 Å². The molecule has 2 rings (SSSR count). The van der Waals surface area contributed by atoms with Crippen LogP contribution in [0.2, 0.25) is 0 Å². The number of ether oxygens (including phenoxy) is 1. The molecule has 3 nitrogen and oxygen atoms in total. The zero-order valence-electron chi connectivity index (χ0n) is 10.2. The first-order valence-electron chi connectivity index (χ1n) is 6.15. The number of pyridine rings is 1. The van der Waals surface area contributed by atoms with Crippen molar-refractivity contribution in [2.24, 2.45) is 0 Å². The summed E-state index contributed by atoms with van der Waals surface area (Å²) in [5.41, 5.74) is 1.21. The van der Waals surface area contributed by atoms with E-state index in [1.807, 2.05) is 6.20 Å². The van der Waals surface area contributed by atoms with Gasteiger partial charge in [0.05, 0.1) is 12.7 Å². The number of piperidine rings is 1. The zero-order chi connectivity index (χ0) is 12.1. The molecule has 0 aliphatic carbocycles. The van der Waals surface area contributed by atoms with Crippen molar-refractivity contribution < 1.29 is 4.74 Å². The minimum atomic E-state index is 0.425. The van der Waals surface area contributed by atoms with Crippen LogP contribution in [0.15, 0.2) is 18.3 Å². The van der Waals surface area contributed by atoms with Gasteiger partial charge in [-0.25, -0.2) is 4.98 Å². The molecule has 2 heterocycles. The van der Waals surface area contributed by atoms with E-state index in [0.29, 0.717) is 6.10 Å². The number of rotatable bonds is 4. The minimum Gasteiger partial charge on any atom is -0.377 e. The monoisotopic (exact) mass is 298 g/mol. The maximum Gasteiger partial charge on any atom is 0.128 e. The fraction of sp³-hybridized carbons (Fsp3) is 0.615. The van der Waals surface area contributed by atoms with Gasteiger partial charge in [0, 0.05) is 24.6 Å². The SMILES string of the molecule is Cc1ccc(N2CCC(OCCBr)CC2)nc1.